The van der Waals surface area contributed by atoms with Crippen molar-refractivity contribution < 1.29 is 19.5 Å². The fourth-order valence-corrected chi connectivity index (χ4v) is 5.58. The Morgan fingerprint density at radius 2 is 2.26 bits per heavy atom. The molecule has 13 heteroatoms. The molecule has 0 spiro atoms. The second kappa shape index (κ2) is 8.40. The molecule has 1 aromatic carbocycles. The average Bonchev–Trinajstić information content (AvgIpc) is 3.19. The maximum Gasteiger partial charge on any atom is 0.352 e. The van der Waals surface area contributed by atoms with Crippen molar-refractivity contribution in [2.24, 2.45) is 7.05 Å². The number of aryl methyl sites for hydroxylation is 1. The second-order valence-corrected chi connectivity index (χ2v) is 8.73. The first-order valence-electron chi connectivity index (χ1n) is 8.97. The van der Waals surface area contributed by atoms with E-state index in [0.717, 1.165) is 0 Å². The van der Waals surface area contributed by atoms with Crippen LogP contribution in [-0.4, -0.2) is 70.9 Å². The van der Waals surface area contributed by atoms with E-state index in [2.05, 4.69) is 20.8 Å². The van der Waals surface area contributed by atoms with Crippen molar-refractivity contribution in [3.8, 4) is 6.07 Å². The molecule has 158 valence electrons. The van der Waals surface area contributed by atoms with E-state index in [1.807, 2.05) is 6.07 Å². The topological polar surface area (TPSA) is 154 Å². The van der Waals surface area contributed by atoms with E-state index in [-0.39, 0.29) is 11.3 Å². The number of amides is 2. The molecular weight excluding hydrogens is 442 g/mol. The molecule has 0 saturated carbocycles. The molecule has 3 heterocycles. The van der Waals surface area contributed by atoms with Crippen LogP contribution in [-0.2, 0) is 16.6 Å². The van der Waals surface area contributed by atoms with E-state index >= 15 is 0 Å². The van der Waals surface area contributed by atoms with Gasteiger partial charge in [0.25, 0.3) is 11.8 Å². The molecule has 11 nitrogen and oxygen atoms in total. The molecule has 1 fully saturated rings. The van der Waals surface area contributed by atoms with Crippen LogP contribution in [0.25, 0.3) is 0 Å². The van der Waals surface area contributed by atoms with Gasteiger partial charge in [-0.05, 0) is 34.2 Å². The van der Waals surface area contributed by atoms with Gasteiger partial charge < -0.3 is 10.4 Å². The summed E-state index contributed by atoms with van der Waals surface area (Å²) in [4.78, 5) is 38.4. The first-order valence-corrected chi connectivity index (χ1v) is 11.0. The van der Waals surface area contributed by atoms with Gasteiger partial charge in [0.05, 0.1) is 11.6 Å². The minimum absolute atomic E-state index is 0.0617. The largest absolute Gasteiger partial charge is 0.477 e. The van der Waals surface area contributed by atoms with E-state index in [9.17, 15) is 19.5 Å². The molecule has 2 atom stereocenters. The number of carboxylic acids is 1. The minimum atomic E-state index is -1.20. The molecule has 0 unspecified atom stereocenters. The number of β-lactam (4-membered cyclic amide) rings is 1. The number of fused-ring (bicyclic) bond motifs is 1. The molecular formula is C18H15N7O4S2. The van der Waals surface area contributed by atoms with Crippen LogP contribution >= 0.6 is 23.5 Å². The van der Waals surface area contributed by atoms with Gasteiger partial charge >= 0.3 is 5.97 Å². The number of carbonyl (C=O) groups is 3. The lowest BCUT2D eigenvalue weighted by atomic mass is 10.0. The Labute approximate surface area is 184 Å². The predicted molar refractivity (Wildman–Crippen MR) is 110 cm³/mol. The summed E-state index contributed by atoms with van der Waals surface area (Å²) < 4.78 is 1.48. The van der Waals surface area contributed by atoms with Gasteiger partial charge in [-0.25, -0.2) is 9.48 Å². The molecule has 0 aliphatic carbocycles. The van der Waals surface area contributed by atoms with E-state index < -0.39 is 29.2 Å². The van der Waals surface area contributed by atoms with E-state index in [4.69, 9.17) is 5.26 Å². The normalized spacial score (nSPS) is 20.0. The molecule has 2 aliphatic heterocycles. The first kappa shape index (κ1) is 20.9. The molecule has 0 radical (unpaired) electrons. The van der Waals surface area contributed by atoms with Crippen molar-refractivity contribution in [2.45, 2.75) is 16.6 Å². The van der Waals surface area contributed by atoms with Crippen molar-refractivity contribution in [3.63, 3.8) is 0 Å². The van der Waals surface area contributed by atoms with Crippen molar-refractivity contribution in [2.75, 3.05) is 11.5 Å². The number of aromatic nitrogens is 4. The zero-order valence-corrected chi connectivity index (χ0v) is 17.7. The summed E-state index contributed by atoms with van der Waals surface area (Å²) in [5.41, 5.74) is 1.11. The number of thioether (sulfide) groups is 2. The van der Waals surface area contributed by atoms with Gasteiger partial charge in [-0.3, -0.25) is 14.5 Å². The van der Waals surface area contributed by atoms with Crippen LogP contribution in [0.4, 0.5) is 0 Å². The molecule has 0 bridgehead atoms. The Bertz CT molecular complexity index is 1160. The predicted octanol–water partition coefficient (Wildman–Crippen LogP) is 0.226. The Hall–Kier alpha value is -3.37. The van der Waals surface area contributed by atoms with Crippen LogP contribution in [0, 0.1) is 11.3 Å². The third-order valence-corrected chi connectivity index (χ3v) is 7.18. The van der Waals surface area contributed by atoms with Gasteiger partial charge in [-0.15, -0.1) is 16.9 Å². The van der Waals surface area contributed by atoms with Gasteiger partial charge in [0.2, 0.25) is 5.16 Å². The highest BCUT2D eigenvalue weighted by Crippen LogP contribution is 2.41. The van der Waals surface area contributed by atoms with Gasteiger partial charge in [-0.2, -0.15) is 5.26 Å². The standard InChI is InChI=1S/C18H15N7O4S2/c1-24-18(21-22-23-24)31-8-11-7-30-16-12(15(27)25(16)13(11)17(28)29)20-14(26)10-4-2-3-9(5-10)6-19/h2-5,12,16H,7-8H2,1H3,(H,20,26)(H,28,29)/t12-,16-/m0/s1. The number of nitrogens with zero attached hydrogens (tertiary/aromatic N) is 6. The van der Waals surface area contributed by atoms with E-state index in [1.54, 1.807) is 25.2 Å². The van der Waals surface area contributed by atoms with E-state index in [1.165, 1.54) is 39.2 Å². The van der Waals surface area contributed by atoms with Crippen molar-refractivity contribution in [3.05, 3.63) is 46.7 Å². The van der Waals surface area contributed by atoms with Gasteiger partial charge in [0, 0.05) is 24.1 Å². The summed E-state index contributed by atoms with van der Waals surface area (Å²) >= 11 is 2.67. The second-order valence-electron chi connectivity index (χ2n) is 6.68. The lowest BCUT2D eigenvalue weighted by molar-refractivity contribution is -0.148. The molecule has 4 rings (SSSR count). The van der Waals surface area contributed by atoms with Crippen LogP contribution in [0.15, 0.2) is 40.7 Å². The summed E-state index contributed by atoms with van der Waals surface area (Å²) in [5.74, 6) is -1.46. The number of nitriles is 1. The lowest BCUT2D eigenvalue weighted by Crippen LogP contribution is -2.70. The Morgan fingerprint density at radius 1 is 1.45 bits per heavy atom. The minimum Gasteiger partial charge on any atom is -0.477 e. The maximum absolute atomic E-state index is 12.7. The Balaban J connectivity index is 1.49. The molecule has 2 amide bonds. The summed E-state index contributed by atoms with van der Waals surface area (Å²) in [5, 5.41) is 32.5. The van der Waals surface area contributed by atoms with Gasteiger partial charge in [0.1, 0.15) is 17.1 Å². The van der Waals surface area contributed by atoms with E-state index in [0.29, 0.717) is 27.8 Å². The van der Waals surface area contributed by atoms with Gasteiger partial charge in [-0.1, -0.05) is 17.8 Å². The highest BCUT2D eigenvalue weighted by Gasteiger charge is 2.54. The number of carboxylic acid groups (broad SMARTS) is 1. The molecule has 1 aromatic heterocycles. The van der Waals surface area contributed by atoms with Crippen LogP contribution in [0.3, 0.4) is 0 Å². The summed E-state index contributed by atoms with van der Waals surface area (Å²) in [6.07, 6.45) is 0. The third-order valence-electron chi connectivity index (χ3n) is 4.75. The summed E-state index contributed by atoms with van der Waals surface area (Å²) in [6.45, 7) is 0. The van der Waals surface area contributed by atoms with Crippen molar-refractivity contribution >= 4 is 41.3 Å². The number of carbonyl (C=O) groups excluding carboxylic acids is 2. The zero-order valence-electron chi connectivity index (χ0n) is 16.1. The van der Waals surface area contributed by atoms with Crippen LogP contribution < -0.4 is 5.32 Å². The van der Waals surface area contributed by atoms with Gasteiger partial charge in [0.15, 0.2) is 0 Å². The lowest BCUT2D eigenvalue weighted by Gasteiger charge is -2.49. The maximum atomic E-state index is 12.7. The van der Waals surface area contributed by atoms with Crippen LogP contribution in [0.2, 0.25) is 0 Å². The first-order chi connectivity index (χ1) is 14.9. The van der Waals surface area contributed by atoms with Crippen molar-refractivity contribution in [1.82, 2.24) is 30.4 Å². The number of benzene rings is 1. The highest BCUT2D eigenvalue weighted by atomic mass is 32.2. The Morgan fingerprint density at radius 3 is 2.94 bits per heavy atom. The molecule has 2 aliphatic rings. The Kier molecular flexibility index (Phi) is 5.66. The number of hydrogen-bond acceptors (Lipinski definition) is 9. The number of hydrogen-bond donors (Lipinski definition) is 2. The number of nitrogens with one attached hydrogen (secondary N) is 1. The zero-order chi connectivity index (χ0) is 22.1. The number of tetrazole rings is 1. The molecule has 2 N–H and O–H groups in total. The van der Waals surface area contributed by atoms with Crippen LogP contribution in [0.5, 0.6) is 0 Å². The summed E-state index contributed by atoms with van der Waals surface area (Å²) in [7, 11) is 1.68. The smallest absolute Gasteiger partial charge is 0.352 e. The summed E-state index contributed by atoms with van der Waals surface area (Å²) in [6, 6.07) is 7.26. The number of rotatable bonds is 6. The average molecular weight is 457 g/mol. The fourth-order valence-electron chi connectivity index (χ4n) is 3.24. The van der Waals surface area contributed by atoms with Crippen LogP contribution in [0.1, 0.15) is 15.9 Å². The molecule has 2 aromatic rings. The number of aliphatic carboxylic acids is 1. The van der Waals surface area contributed by atoms with Crippen molar-refractivity contribution in [1.29, 1.82) is 5.26 Å². The highest BCUT2D eigenvalue weighted by molar-refractivity contribution is 8.01. The molecule has 1 saturated heterocycles. The fraction of sp³-hybridized carbons (Fsp3) is 0.278. The third kappa shape index (κ3) is 3.87. The SMILES string of the molecule is Cn1nnnc1SCC1=C(C(=O)O)N2C(=O)[C@H](NC(=O)c3cccc(C#N)c3)[C@@H]2SC1. The quantitative estimate of drug-likeness (QED) is 0.455. The monoisotopic (exact) mass is 457 g/mol. The molecule has 31 heavy (non-hydrogen) atoms.